The highest BCUT2D eigenvalue weighted by Gasteiger charge is 2.62. The molecule has 1 N–H and O–H groups in total. The van der Waals surface area contributed by atoms with Gasteiger partial charge in [-0.2, -0.15) is 0 Å². The van der Waals surface area contributed by atoms with Crippen LogP contribution in [0.2, 0.25) is 0 Å². The Balaban J connectivity index is 1.29. The molecule has 1 saturated carbocycles. The molecule has 1 aromatic heterocycles. The predicted molar refractivity (Wildman–Crippen MR) is 89.0 cm³/mol. The van der Waals surface area contributed by atoms with Crippen LogP contribution < -0.4 is 5.32 Å². The largest absolute Gasteiger partial charge is 0.342 e. The van der Waals surface area contributed by atoms with E-state index in [1.165, 1.54) is 0 Å². The van der Waals surface area contributed by atoms with E-state index >= 15 is 0 Å². The van der Waals surface area contributed by atoms with Gasteiger partial charge in [-0.3, -0.25) is 9.78 Å². The van der Waals surface area contributed by atoms with Crippen molar-refractivity contribution in [2.75, 3.05) is 26.2 Å². The first-order chi connectivity index (χ1) is 11.7. The van der Waals surface area contributed by atoms with E-state index in [-0.39, 0.29) is 17.4 Å². The highest BCUT2D eigenvalue weighted by Crippen LogP contribution is 2.59. The number of nitrogens with one attached hydrogen (secondary N) is 1. The zero-order chi connectivity index (χ0) is 16.6. The summed E-state index contributed by atoms with van der Waals surface area (Å²) in [6.07, 6.45) is 7.66. The van der Waals surface area contributed by atoms with Crippen molar-refractivity contribution in [3.8, 4) is 0 Å². The van der Waals surface area contributed by atoms with Crippen LogP contribution in [0, 0.1) is 11.3 Å². The number of aromatic nitrogens is 1. The van der Waals surface area contributed by atoms with Crippen molar-refractivity contribution in [2.45, 2.75) is 32.2 Å². The number of urea groups is 1. The lowest BCUT2D eigenvalue weighted by molar-refractivity contribution is -0.132. The second-order valence-electron chi connectivity index (χ2n) is 7.34. The smallest absolute Gasteiger partial charge is 0.317 e. The zero-order valence-electron chi connectivity index (χ0n) is 13.9. The van der Waals surface area contributed by atoms with Crippen LogP contribution in [0.4, 0.5) is 4.79 Å². The fourth-order valence-corrected chi connectivity index (χ4v) is 4.17. The van der Waals surface area contributed by atoms with Gasteiger partial charge >= 0.3 is 6.03 Å². The number of carbonyl (C=O) groups is 2. The summed E-state index contributed by atoms with van der Waals surface area (Å²) < 4.78 is 0. The summed E-state index contributed by atoms with van der Waals surface area (Å²) in [5.74, 6) is 0.469. The fourth-order valence-electron chi connectivity index (χ4n) is 4.17. The molecule has 2 aliphatic heterocycles. The van der Waals surface area contributed by atoms with E-state index in [0.717, 1.165) is 57.4 Å². The maximum atomic E-state index is 12.6. The minimum Gasteiger partial charge on any atom is -0.342 e. The van der Waals surface area contributed by atoms with Crippen LogP contribution in [0.15, 0.2) is 24.5 Å². The van der Waals surface area contributed by atoms with Crippen LogP contribution in [0.3, 0.4) is 0 Å². The minimum atomic E-state index is -0.0324. The predicted octanol–water partition coefficient (Wildman–Crippen LogP) is 1.63. The highest BCUT2D eigenvalue weighted by atomic mass is 16.2. The molecule has 0 aromatic carbocycles. The van der Waals surface area contributed by atoms with Crippen LogP contribution in [-0.2, 0) is 11.3 Å². The van der Waals surface area contributed by atoms with Crippen molar-refractivity contribution >= 4 is 11.9 Å². The standard InChI is InChI=1S/C18H24N4O2/c23-16(21-7-1-2-8-21)15-10-18(15)5-9-22(13-18)17(24)20-12-14-4-3-6-19-11-14/h3-4,6,11,15H,1-2,5,7-10,12-13H2,(H,20,24)/t15-,18+/m0/s1. The molecule has 1 aliphatic carbocycles. The van der Waals surface area contributed by atoms with E-state index in [1.54, 1.807) is 12.4 Å². The van der Waals surface area contributed by atoms with Gasteiger partial charge in [0.25, 0.3) is 0 Å². The summed E-state index contributed by atoms with van der Waals surface area (Å²) in [5, 5.41) is 2.96. The van der Waals surface area contributed by atoms with Crippen molar-refractivity contribution in [2.24, 2.45) is 11.3 Å². The van der Waals surface area contributed by atoms with Gasteiger partial charge in [0.15, 0.2) is 0 Å². The molecule has 2 atom stereocenters. The minimum absolute atomic E-state index is 0.0324. The molecule has 2 saturated heterocycles. The van der Waals surface area contributed by atoms with Crippen LogP contribution in [0.5, 0.6) is 0 Å². The first-order valence-corrected chi connectivity index (χ1v) is 8.88. The third-order valence-corrected chi connectivity index (χ3v) is 5.74. The molecule has 3 amide bonds. The van der Waals surface area contributed by atoms with Gasteiger partial charge in [0.2, 0.25) is 5.91 Å². The van der Waals surface area contributed by atoms with Crippen molar-refractivity contribution in [3.05, 3.63) is 30.1 Å². The van der Waals surface area contributed by atoms with E-state index < -0.39 is 0 Å². The van der Waals surface area contributed by atoms with E-state index in [0.29, 0.717) is 12.5 Å². The van der Waals surface area contributed by atoms with Gasteiger partial charge in [0, 0.05) is 56.5 Å². The first-order valence-electron chi connectivity index (χ1n) is 8.88. The Hall–Kier alpha value is -2.11. The Morgan fingerprint density at radius 3 is 2.83 bits per heavy atom. The second-order valence-corrected chi connectivity index (χ2v) is 7.34. The molecule has 0 unspecified atom stereocenters. The molecule has 3 fully saturated rings. The van der Waals surface area contributed by atoms with E-state index in [4.69, 9.17) is 0 Å². The maximum absolute atomic E-state index is 12.6. The van der Waals surface area contributed by atoms with Gasteiger partial charge in [0.05, 0.1) is 0 Å². The van der Waals surface area contributed by atoms with Crippen molar-refractivity contribution in [3.63, 3.8) is 0 Å². The normalized spacial score (nSPS) is 28.4. The van der Waals surface area contributed by atoms with Crippen LogP contribution in [0.1, 0.15) is 31.2 Å². The number of hydrogen-bond acceptors (Lipinski definition) is 3. The molecule has 0 bridgehead atoms. The summed E-state index contributed by atoms with van der Waals surface area (Å²) in [4.78, 5) is 32.9. The van der Waals surface area contributed by atoms with Gasteiger partial charge in [-0.15, -0.1) is 0 Å². The molecule has 1 aromatic rings. The number of carbonyl (C=O) groups excluding carboxylic acids is 2. The SMILES string of the molecule is O=C(NCc1cccnc1)N1CC[C@@]2(C[C@H]2C(=O)N2CCCC2)C1. The molecule has 0 radical (unpaired) electrons. The number of nitrogens with zero attached hydrogens (tertiary/aromatic N) is 3. The topological polar surface area (TPSA) is 65.5 Å². The fraction of sp³-hybridized carbons (Fsp3) is 0.611. The second kappa shape index (κ2) is 6.07. The Kier molecular flexibility index (Phi) is 3.90. The number of rotatable bonds is 3. The molecule has 6 nitrogen and oxygen atoms in total. The van der Waals surface area contributed by atoms with Crippen LogP contribution in [-0.4, -0.2) is 52.9 Å². The molecule has 3 heterocycles. The summed E-state index contributed by atoms with van der Waals surface area (Å²) in [6.45, 7) is 3.80. The molecular weight excluding hydrogens is 304 g/mol. The number of likely N-dealkylation sites (tertiary alicyclic amines) is 2. The summed E-state index contributed by atoms with van der Waals surface area (Å²) in [5.41, 5.74) is 1.05. The van der Waals surface area contributed by atoms with Gasteiger partial charge in [-0.25, -0.2) is 4.79 Å². The highest BCUT2D eigenvalue weighted by molar-refractivity contribution is 5.83. The lowest BCUT2D eigenvalue weighted by Crippen LogP contribution is -2.38. The lowest BCUT2D eigenvalue weighted by Gasteiger charge is -2.19. The van der Waals surface area contributed by atoms with Crippen molar-refractivity contribution in [1.29, 1.82) is 0 Å². The summed E-state index contributed by atoms with van der Waals surface area (Å²) in [6, 6.07) is 3.78. The molecule has 4 rings (SSSR count). The maximum Gasteiger partial charge on any atom is 0.317 e. The van der Waals surface area contributed by atoms with Gasteiger partial charge in [-0.1, -0.05) is 6.07 Å². The van der Waals surface area contributed by atoms with E-state index in [2.05, 4.69) is 10.3 Å². The van der Waals surface area contributed by atoms with Gasteiger partial charge in [-0.05, 0) is 37.3 Å². The lowest BCUT2D eigenvalue weighted by atomic mass is 10.0. The number of amides is 3. The molecule has 3 aliphatic rings. The molecule has 1 spiro atoms. The third kappa shape index (κ3) is 2.85. The molecule has 6 heteroatoms. The van der Waals surface area contributed by atoms with Crippen LogP contribution in [0.25, 0.3) is 0 Å². The van der Waals surface area contributed by atoms with Gasteiger partial charge < -0.3 is 15.1 Å². The average Bonchev–Trinajstić information content (AvgIpc) is 2.98. The monoisotopic (exact) mass is 328 g/mol. The van der Waals surface area contributed by atoms with Crippen molar-refractivity contribution < 1.29 is 9.59 Å². The van der Waals surface area contributed by atoms with E-state index in [1.807, 2.05) is 21.9 Å². The zero-order valence-corrected chi connectivity index (χ0v) is 13.9. The number of pyridine rings is 1. The van der Waals surface area contributed by atoms with Crippen molar-refractivity contribution in [1.82, 2.24) is 20.1 Å². The summed E-state index contributed by atoms with van der Waals surface area (Å²) >= 11 is 0. The summed E-state index contributed by atoms with van der Waals surface area (Å²) in [7, 11) is 0. The van der Waals surface area contributed by atoms with Crippen LogP contribution >= 0.6 is 0 Å². The Bertz CT molecular complexity index is 629. The molecule has 128 valence electrons. The average molecular weight is 328 g/mol. The van der Waals surface area contributed by atoms with E-state index in [9.17, 15) is 9.59 Å². The first kappa shape index (κ1) is 15.4. The Morgan fingerprint density at radius 2 is 2.08 bits per heavy atom. The quantitative estimate of drug-likeness (QED) is 0.917. The molecule has 24 heavy (non-hydrogen) atoms. The van der Waals surface area contributed by atoms with Gasteiger partial charge in [0.1, 0.15) is 0 Å². The Labute approximate surface area is 142 Å². The third-order valence-electron chi connectivity index (χ3n) is 5.74. The number of hydrogen-bond donors (Lipinski definition) is 1. The Morgan fingerprint density at radius 1 is 1.25 bits per heavy atom. The molecular formula is C18H24N4O2.